The summed E-state index contributed by atoms with van der Waals surface area (Å²) in [6.45, 7) is 0.617. The Balaban J connectivity index is 1.17. The Labute approximate surface area is 198 Å². The molecule has 3 aliphatic rings. The van der Waals surface area contributed by atoms with E-state index < -0.39 is 12.1 Å². The minimum atomic E-state index is -0.799. The molecule has 3 aliphatic carbocycles. The van der Waals surface area contributed by atoms with E-state index in [1.807, 2.05) is 24.3 Å². The highest BCUT2D eigenvalue weighted by Crippen LogP contribution is 2.44. The summed E-state index contributed by atoms with van der Waals surface area (Å²) in [6, 6.07) is 16.1. The molecule has 2 saturated carbocycles. The zero-order chi connectivity index (χ0) is 23.7. The normalized spacial score (nSPS) is 25.1. The molecule has 0 aromatic heterocycles. The van der Waals surface area contributed by atoms with Gasteiger partial charge in [0, 0.05) is 18.5 Å². The van der Waals surface area contributed by atoms with E-state index in [0.717, 1.165) is 30.4 Å². The van der Waals surface area contributed by atoms with E-state index in [-0.39, 0.29) is 42.2 Å². The summed E-state index contributed by atoms with van der Waals surface area (Å²) in [6.07, 6.45) is 3.42. The van der Waals surface area contributed by atoms with Crippen LogP contribution in [0.15, 0.2) is 48.5 Å². The van der Waals surface area contributed by atoms with Crippen LogP contribution in [-0.4, -0.2) is 42.3 Å². The maximum atomic E-state index is 12.8. The predicted octanol–water partition coefficient (Wildman–Crippen LogP) is 3.92. The fraction of sp³-hybridized carbons (Fsp3) is 0.444. The molecule has 0 bridgehead atoms. The average molecular weight is 463 g/mol. The highest BCUT2D eigenvalue weighted by molar-refractivity contribution is 5.81. The van der Waals surface area contributed by atoms with E-state index in [1.54, 1.807) is 0 Å². The fourth-order valence-electron chi connectivity index (χ4n) is 5.55. The van der Waals surface area contributed by atoms with E-state index in [0.29, 0.717) is 19.4 Å². The number of carbonyl (C=O) groups excluding carboxylic acids is 2. The highest BCUT2D eigenvalue weighted by atomic mass is 16.5. The third kappa shape index (κ3) is 4.52. The van der Waals surface area contributed by atoms with Crippen LogP contribution in [0.1, 0.15) is 49.1 Å². The number of rotatable bonds is 7. The van der Waals surface area contributed by atoms with E-state index in [1.165, 1.54) is 11.1 Å². The Morgan fingerprint density at radius 1 is 0.912 bits per heavy atom. The van der Waals surface area contributed by atoms with Crippen LogP contribution in [0.4, 0.5) is 4.79 Å². The first-order valence-electron chi connectivity index (χ1n) is 12.1. The first-order valence-corrected chi connectivity index (χ1v) is 12.1. The van der Waals surface area contributed by atoms with Crippen molar-refractivity contribution in [2.75, 3.05) is 13.2 Å². The van der Waals surface area contributed by atoms with Gasteiger partial charge in [0.15, 0.2) is 0 Å². The van der Waals surface area contributed by atoms with Crippen LogP contribution in [0, 0.1) is 17.8 Å². The van der Waals surface area contributed by atoms with Gasteiger partial charge in [0.25, 0.3) is 0 Å². The number of hydrogen-bond donors (Lipinski definition) is 3. The van der Waals surface area contributed by atoms with E-state index in [2.05, 4.69) is 34.9 Å². The number of alkyl carbamates (subject to hydrolysis) is 1. The highest BCUT2D eigenvalue weighted by Gasteiger charge is 2.43. The number of benzene rings is 2. The van der Waals surface area contributed by atoms with Gasteiger partial charge in [-0.3, -0.25) is 9.59 Å². The van der Waals surface area contributed by atoms with Crippen molar-refractivity contribution in [2.24, 2.45) is 17.8 Å². The Bertz CT molecular complexity index is 1050. The summed E-state index contributed by atoms with van der Waals surface area (Å²) < 4.78 is 5.67. The Hall–Kier alpha value is -3.35. The van der Waals surface area contributed by atoms with Gasteiger partial charge in [0.05, 0.1) is 11.8 Å². The minimum absolute atomic E-state index is 0.00988. The van der Waals surface area contributed by atoms with Crippen molar-refractivity contribution in [3.63, 3.8) is 0 Å². The Kier molecular flexibility index (Phi) is 6.26. The number of fused-ring (bicyclic) bond motifs is 3. The maximum Gasteiger partial charge on any atom is 0.407 e. The van der Waals surface area contributed by atoms with Gasteiger partial charge in [0.1, 0.15) is 6.61 Å². The molecular weight excluding hydrogens is 432 g/mol. The predicted molar refractivity (Wildman–Crippen MR) is 126 cm³/mol. The molecule has 2 aromatic carbocycles. The van der Waals surface area contributed by atoms with Gasteiger partial charge >= 0.3 is 12.1 Å². The van der Waals surface area contributed by atoms with Gasteiger partial charge in [-0.05, 0) is 47.4 Å². The van der Waals surface area contributed by atoms with Crippen molar-refractivity contribution in [1.82, 2.24) is 10.6 Å². The van der Waals surface area contributed by atoms with Crippen molar-refractivity contribution in [1.29, 1.82) is 0 Å². The quantitative estimate of drug-likeness (QED) is 0.579. The average Bonchev–Trinajstić information content (AvgIpc) is 3.57. The second-order valence-corrected chi connectivity index (χ2v) is 9.65. The summed E-state index contributed by atoms with van der Waals surface area (Å²) in [5, 5.41) is 14.9. The lowest BCUT2D eigenvalue weighted by Gasteiger charge is -2.31. The van der Waals surface area contributed by atoms with Crippen molar-refractivity contribution in [3.8, 4) is 11.1 Å². The van der Waals surface area contributed by atoms with Gasteiger partial charge in [-0.25, -0.2) is 4.79 Å². The molecule has 2 amide bonds. The maximum absolute atomic E-state index is 12.8. The molecule has 7 nitrogen and oxygen atoms in total. The molecule has 0 radical (unpaired) electrons. The number of aliphatic carboxylic acids is 1. The van der Waals surface area contributed by atoms with E-state index in [4.69, 9.17) is 9.84 Å². The van der Waals surface area contributed by atoms with Crippen LogP contribution in [0.3, 0.4) is 0 Å². The number of carbonyl (C=O) groups is 3. The lowest BCUT2D eigenvalue weighted by atomic mass is 9.84. The first-order chi connectivity index (χ1) is 16.5. The zero-order valence-corrected chi connectivity index (χ0v) is 19.0. The van der Waals surface area contributed by atoms with Crippen LogP contribution in [0.25, 0.3) is 11.1 Å². The van der Waals surface area contributed by atoms with E-state index in [9.17, 15) is 14.4 Å². The molecule has 2 fully saturated rings. The molecule has 178 valence electrons. The Morgan fingerprint density at radius 3 is 2.21 bits per heavy atom. The molecule has 2 aromatic rings. The standard InChI is InChI=1S/C27H30N2O5/c30-25(28-14-16-13-22(16)26(31)32)21-11-5-6-12-24(21)29-27(33)34-15-23-19-9-3-1-7-17(19)18-8-2-4-10-20(18)23/h1-4,7-10,16,21-24H,5-6,11-15H2,(H,28,30)(H,29,33)(H,31,32)/t16?,21-,22?,24+/m0/s1. The van der Waals surface area contributed by atoms with Crippen LogP contribution < -0.4 is 10.6 Å². The largest absolute Gasteiger partial charge is 0.481 e. The topological polar surface area (TPSA) is 105 Å². The van der Waals surface area contributed by atoms with E-state index >= 15 is 0 Å². The molecule has 0 aliphatic heterocycles. The SMILES string of the molecule is O=C(N[C@@H]1CCCC[C@@H]1C(=O)NCC1CC1C(=O)O)OCC1c2ccccc2-c2ccccc21. The van der Waals surface area contributed by atoms with Gasteiger partial charge in [0.2, 0.25) is 5.91 Å². The first kappa shape index (κ1) is 22.4. The second-order valence-electron chi connectivity index (χ2n) is 9.65. The lowest BCUT2D eigenvalue weighted by Crippen LogP contribution is -2.49. The fourth-order valence-corrected chi connectivity index (χ4v) is 5.55. The zero-order valence-electron chi connectivity index (χ0n) is 19.0. The number of ether oxygens (including phenoxy) is 1. The third-order valence-corrected chi connectivity index (χ3v) is 7.53. The van der Waals surface area contributed by atoms with Crippen molar-refractivity contribution < 1.29 is 24.2 Å². The lowest BCUT2D eigenvalue weighted by molar-refractivity contribution is -0.139. The number of carboxylic acids is 1. The van der Waals surface area contributed by atoms with Gasteiger partial charge in [-0.1, -0.05) is 61.4 Å². The molecule has 0 heterocycles. The molecule has 2 unspecified atom stereocenters. The van der Waals surface area contributed by atoms with Gasteiger partial charge in [-0.2, -0.15) is 0 Å². The van der Waals surface area contributed by atoms with Crippen molar-refractivity contribution in [3.05, 3.63) is 59.7 Å². The minimum Gasteiger partial charge on any atom is -0.481 e. The molecule has 7 heteroatoms. The smallest absolute Gasteiger partial charge is 0.407 e. The third-order valence-electron chi connectivity index (χ3n) is 7.53. The van der Waals surface area contributed by atoms with Gasteiger partial charge in [-0.15, -0.1) is 0 Å². The van der Waals surface area contributed by atoms with Crippen LogP contribution in [0.2, 0.25) is 0 Å². The molecule has 5 rings (SSSR count). The summed E-state index contributed by atoms with van der Waals surface area (Å²) in [4.78, 5) is 36.5. The Morgan fingerprint density at radius 2 is 1.56 bits per heavy atom. The number of carboxylic acid groups (broad SMARTS) is 1. The molecule has 4 atom stereocenters. The summed E-state index contributed by atoms with van der Waals surface area (Å²) in [5.74, 6) is -1.58. The van der Waals surface area contributed by atoms with Crippen LogP contribution in [-0.2, 0) is 14.3 Å². The molecule has 3 N–H and O–H groups in total. The van der Waals surface area contributed by atoms with Crippen LogP contribution in [0.5, 0.6) is 0 Å². The molecule has 34 heavy (non-hydrogen) atoms. The van der Waals surface area contributed by atoms with Crippen molar-refractivity contribution in [2.45, 2.75) is 44.1 Å². The van der Waals surface area contributed by atoms with Crippen molar-refractivity contribution >= 4 is 18.0 Å². The monoisotopic (exact) mass is 462 g/mol. The number of hydrogen-bond acceptors (Lipinski definition) is 4. The summed E-state index contributed by atoms with van der Waals surface area (Å²) in [5.41, 5.74) is 4.67. The van der Waals surface area contributed by atoms with Crippen LogP contribution >= 0.6 is 0 Å². The second kappa shape index (κ2) is 9.49. The molecule has 0 spiro atoms. The summed E-state index contributed by atoms with van der Waals surface area (Å²) >= 11 is 0. The number of amides is 2. The molecule has 0 saturated heterocycles. The number of nitrogens with one attached hydrogen (secondary N) is 2. The molecular formula is C27H30N2O5. The summed E-state index contributed by atoms with van der Waals surface area (Å²) in [7, 11) is 0. The van der Waals surface area contributed by atoms with Gasteiger partial charge < -0.3 is 20.5 Å².